The Morgan fingerprint density at radius 2 is 2.21 bits per heavy atom. The number of rotatable bonds is 8. The van der Waals surface area contributed by atoms with Crippen LogP contribution in [0.2, 0.25) is 0 Å². The molecule has 0 saturated carbocycles. The highest BCUT2D eigenvalue weighted by Gasteiger charge is 2.07. The molecule has 106 valence electrons. The lowest BCUT2D eigenvalue weighted by Crippen LogP contribution is -2.33. The Morgan fingerprint density at radius 3 is 2.79 bits per heavy atom. The topological polar surface area (TPSA) is 78.4 Å². The molecule has 6 heteroatoms. The van der Waals surface area contributed by atoms with Crippen molar-refractivity contribution < 1.29 is 14.7 Å². The molecule has 0 bridgehead atoms. The zero-order chi connectivity index (χ0) is 14.3. The maximum Gasteiger partial charge on any atom is 0.336 e. The van der Waals surface area contributed by atoms with Crippen molar-refractivity contribution in [2.75, 3.05) is 6.54 Å². The van der Waals surface area contributed by atoms with E-state index < -0.39 is 5.97 Å². The Balaban J connectivity index is 2.19. The number of carboxylic acids is 1. The van der Waals surface area contributed by atoms with Gasteiger partial charge in [0.2, 0.25) is 5.91 Å². The van der Waals surface area contributed by atoms with Gasteiger partial charge in [0.1, 0.15) is 0 Å². The van der Waals surface area contributed by atoms with Gasteiger partial charge in [0.05, 0.1) is 5.56 Å². The van der Waals surface area contributed by atoms with Crippen LogP contribution < -0.4 is 10.6 Å². The summed E-state index contributed by atoms with van der Waals surface area (Å²) in [4.78, 5) is 23.1. The number of hydrogen-bond acceptors (Lipinski definition) is 4. The first-order valence-electron chi connectivity index (χ1n) is 6.33. The zero-order valence-corrected chi connectivity index (χ0v) is 12.0. The van der Waals surface area contributed by atoms with Crippen LogP contribution in [0.3, 0.4) is 0 Å². The molecule has 5 nitrogen and oxygen atoms in total. The fraction of sp³-hybridized carbons (Fsp3) is 0.538. The van der Waals surface area contributed by atoms with Crippen molar-refractivity contribution in [2.45, 2.75) is 39.3 Å². The van der Waals surface area contributed by atoms with Crippen LogP contribution in [0.15, 0.2) is 11.4 Å². The van der Waals surface area contributed by atoms with Gasteiger partial charge in [0.15, 0.2) is 0 Å². The molecule has 0 radical (unpaired) electrons. The Morgan fingerprint density at radius 1 is 1.47 bits per heavy atom. The van der Waals surface area contributed by atoms with Crippen molar-refractivity contribution in [2.24, 2.45) is 0 Å². The summed E-state index contributed by atoms with van der Waals surface area (Å²) >= 11 is 1.41. The van der Waals surface area contributed by atoms with E-state index in [1.54, 1.807) is 11.4 Å². The van der Waals surface area contributed by atoms with Gasteiger partial charge in [-0.1, -0.05) is 6.92 Å². The Bertz CT molecular complexity index is 431. The van der Waals surface area contributed by atoms with E-state index in [9.17, 15) is 9.59 Å². The van der Waals surface area contributed by atoms with E-state index in [1.807, 2.05) is 13.8 Å². The van der Waals surface area contributed by atoms with Crippen LogP contribution >= 0.6 is 11.3 Å². The quantitative estimate of drug-likeness (QED) is 0.637. The number of thiophene rings is 1. The van der Waals surface area contributed by atoms with Crippen molar-refractivity contribution in [3.63, 3.8) is 0 Å². The molecule has 1 aromatic rings. The summed E-state index contributed by atoms with van der Waals surface area (Å²) in [7, 11) is 0. The normalized spacial score (nSPS) is 12.1. The lowest BCUT2D eigenvalue weighted by molar-refractivity contribution is -0.121. The highest BCUT2D eigenvalue weighted by molar-refractivity contribution is 7.10. The Labute approximate surface area is 117 Å². The summed E-state index contributed by atoms with van der Waals surface area (Å²) in [6, 6.07) is 1.86. The average molecular weight is 284 g/mol. The van der Waals surface area contributed by atoms with Crippen LogP contribution in [0, 0.1) is 0 Å². The van der Waals surface area contributed by atoms with E-state index >= 15 is 0 Å². The molecule has 0 spiro atoms. The smallest absolute Gasteiger partial charge is 0.336 e. The second-order valence-electron chi connectivity index (χ2n) is 4.41. The standard InChI is InChI=1S/C13H20N2O3S/c1-3-9(2)15-12(16)4-5-14-7-11-6-10(8-19-11)13(17)18/h6,8-9,14H,3-5,7H2,1-2H3,(H,15,16)(H,17,18). The maximum absolute atomic E-state index is 11.5. The predicted molar refractivity (Wildman–Crippen MR) is 75.5 cm³/mol. The van der Waals surface area contributed by atoms with E-state index in [0.717, 1.165) is 11.3 Å². The van der Waals surface area contributed by atoms with Gasteiger partial charge >= 0.3 is 5.97 Å². The predicted octanol–water partition coefficient (Wildman–Crippen LogP) is 1.84. The summed E-state index contributed by atoms with van der Waals surface area (Å²) < 4.78 is 0. The van der Waals surface area contributed by atoms with Crippen molar-refractivity contribution in [1.29, 1.82) is 0 Å². The molecule has 1 aromatic heterocycles. The number of aromatic carboxylic acids is 1. The highest BCUT2D eigenvalue weighted by Crippen LogP contribution is 2.14. The van der Waals surface area contributed by atoms with Gasteiger partial charge in [-0.3, -0.25) is 4.79 Å². The third kappa shape index (κ3) is 5.85. The fourth-order valence-corrected chi connectivity index (χ4v) is 2.28. The van der Waals surface area contributed by atoms with Gasteiger partial charge in [-0.15, -0.1) is 11.3 Å². The first-order chi connectivity index (χ1) is 9.02. The van der Waals surface area contributed by atoms with Gasteiger partial charge in [-0.25, -0.2) is 4.79 Å². The van der Waals surface area contributed by atoms with Gasteiger partial charge in [-0.2, -0.15) is 0 Å². The molecule has 0 aliphatic carbocycles. The second-order valence-corrected chi connectivity index (χ2v) is 5.41. The number of carbonyl (C=O) groups is 2. The van der Waals surface area contributed by atoms with Gasteiger partial charge in [0.25, 0.3) is 0 Å². The number of carboxylic acid groups (broad SMARTS) is 1. The molecule has 1 rings (SSSR count). The Hall–Kier alpha value is -1.40. The molecule has 1 unspecified atom stereocenters. The third-order valence-electron chi connectivity index (χ3n) is 2.75. The lowest BCUT2D eigenvalue weighted by atomic mass is 10.2. The highest BCUT2D eigenvalue weighted by atomic mass is 32.1. The van der Waals surface area contributed by atoms with Crippen molar-refractivity contribution >= 4 is 23.2 Å². The van der Waals surface area contributed by atoms with Crippen molar-refractivity contribution in [3.8, 4) is 0 Å². The van der Waals surface area contributed by atoms with Crippen LogP contribution in [0.4, 0.5) is 0 Å². The molecule has 1 atom stereocenters. The molecule has 0 aliphatic rings. The molecule has 0 aromatic carbocycles. The fourth-order valence-electron chi connectivity index (χ4n) is 1.45. The maximum atomic E-state index is 11.5. The summed E-state index contributed by atoms with van der Waals surface area (Å²) in [5.41, 5.74) is 0.316. The van der Waals surface area contributed by atoms with E-state index in [4.69, 9.17) is 5.11 Å². The summed E-state index contributed by atoms with van der Waals surface area (Å²) in [6.45, 7) is 5.18. The van der Waals surface area contributed by atoms with E-state index in [1.165, 1.54) is 11.3 Å². The first kappa shape index (κ1) is 15.7. The number of carbonyl (C=O) groups excluding carboxylic acids is 1. The Kier molecular flexibility index (Phi) is 6.52. The molecule has 3 N–H and O–H groups in total. The zero-order valence-electron chi connectivity index (χ0n) is 11.2. The SMILES string of the molecule is CCC(C)NC(=O)CCNCc1cc(C(=O)O)cs1. The van der Waals surface area contributed by atoms with Crippen LogP contribution in [-0.4, -0.2) is 29.6 Å². The number of nitrogens with one attached hydrogen (secondary N) is 2. The van der Waals surface area contributed by atoms with E-state index in [0.29, 0.717) is 25.1 Å². The van der Waals surface area contributed by atoms with Crippen LogP contribution in [0.25, 0.3) is 0 Å². The monoisotopic (exact) mass is 284 g/mol. The number of amides is 1. The van der Waals surface area contributed by atoms with Crippen molar-refractivity contribution in [1.82, 2.24) is 10.6 Å². The summed E-state index contributed by atoms with van der Waals surface area (Å²) in [6.07, 6.45) is 1.35. The molecule has 0 fully saturated rings. The summed E-state index contributed by atoms with van der Waals surface area (Å²) in [5.74, 6) is -0.866. The van der Waals surface area contributed by atoms with Crippen LogP contribution in [0.1, 0.15) is 41.9 Å². The molecule has 19 heavy (non-hydrogen) atoms. The van der Waals surface area contributed by atoms with Crippen molar-refractivity contribution in [3.05, 3.63) is 21.9 Å². The summed E-state index contributed by atoms with van der Waals surface area (Å²) in [5, 5.41) is 16.4. The molecule has 1 amide bonds. The van der Waals surface area contributed by atoms with Crippen LogP contribution in [0.5, 0.6) is 0 Å². The molecule has 0 aliphatic heterocycles. The molecule has 0 saturated heterocycles. The number of hydrogen-bond donors (Lipinski definition) is 3. The van der Waals surface area contributed by atoms with Gasteiger partial charge in [0, 0.05) is 35.8 Å². The third-order valence-corrected chi connectivity index (χ3v) is 3.69. The minimum atomic E-state index is -0.907. The van der Waals surface area contributed by atoms with E-state index in [2.05, 4.69) is 10.6 Å². The van der Waals surface area contributed by atoms with E-state index in [-0.39, 0.29) is 11.9 Å². The minimum Gasteiger partial charge on any atom is -0.478 e. The van der Waals surface area contributed by atoms with Gasteiger partial charge < -0.3 is 15.7 Å². The largest absolute Gasteiger partial charge is 0.478 e. The molecule has 1 heterocycles. The first-order valence-corrected chi connectivity index (χ1v) is 7.21. The van der Waals surface area contributed by atoms with Gasteiger partial charge in [-0.05, 0) is 19.4 Å². The average Bonchev–Trinajstić information content (AvgIpc) is 2.83. The lowest BCUT2D eigenvalue weighted by Gasteiger charge is -2.11. The molecular formula is C13H20N2O3S. The van der Waals surface area contributed by atoms with Crippen LogP contribution in [-0.2, 0) is 11.3 Å². The molecular weight excluding hydrogens is 264 g/mol. The minimum absolute atomic E-state index is 0.0410. The second kappa shape index (κ2) is 7.91.